The highest BCUT2D eigenvalue weighted by atomic mass is 16.5. The van der Waals surface area contributed by atoms with Gasteiger partial charge in [0.05, 0.1) is 6.61 Å². The van der Waals surface area contributed by atoms with Crippen LogP contribution in [0, 0.1) is 0 Å². The highest BCUT2D eigenvalue weighted by Crippen LogP contribution is 2.23. The van der Waals surface area contributed by atoms with Crippen LogP contribution in [-0.4, -0.2) is 31.2 Å². The number of benzene rings is 2. The van der Waals surface area contributed by atoms with Crippen LogP contribution in [0.15, 0.2) is 54.6 Å². The summed E-state index contributed by atoms with van der Waals surface area (Å²) in [5.41, 5.74) is 1.38. The van der Waals surface area contributed by atoms with Gasteiger partial charge in [0.2, 0.25) is 0 Å². The molecule has 4 heteroatoms. The van der Waals surface area contributed by atoms with Gasteiger partial charge in [-0.2, -0.15) is 0 Å². The van der Waals surface area contributed by atoms with E-state index in [2.05, 4.69) is 0 Å². The molecule has 1 atom stereocenters. The first-order chi connectivity index (χ1) is 10.3. The Labute approximate surface area is 123 Å². The first-order valence-electron chi connectivity index (χ1n) is 6.72. The van der Waals surface area contributed by atoms with Crippen molar-refractivity contribution in [2.24, 2.45) is 0 Å². The summed E-state index contributed by atoms with van der Waals surface area (Å²) < 4.78 is 10.6. The smallest absolute Gasteiger partial charge is 0.196 e. The van der Waals surface area contributed by atoms with E-state index >= 15 is 0 Å². The molecule has 1 unspecified atom stereocenters. The summed E-state index contributed by atoms with van der Waals surface area (Å²) >= 11 is 0. The second kappa shape index (κ2) is 7.57. The normalized spacial score (nSPS) is 11.9. The van der Waals surface area contributed by atoms with Crippen LogP contribution in [0.1, 0.15) is 22.0 Å². The van der Waals surface area contributed by atoms with E-state index in [9.17, 15) is 4.79 Å². The summed E-state index contributed by atoms with van der Waals surface area (Å²) in [7, 11) is 1.52. The molecule has 2 aromatic carbocycles. The van der Waals surface area contributed by atoms with Gasteiger partial charge in [-0.3, -0.25) is 4.79 Å². The molecule has 0 amide bonds. The van der Waals surface area contributed by atoms with Crippen LogP contribution in [0.2, 0.25) is 0 Å². The molecule has 0 fully saturated rings. The van der Waals surface area contributed by atoms with Crippen molar-refractivity contribution in [3.8, 4) is 5.75 Å². The van der Waals surface area contributed by atoms with Crippen LogP contribution in [-0.2, 0) is 4.74 Å². The molecule has 0 spiro atoms. The molecule has 0 aliphatic carbocycles. The fraction of sp³-hybridized carbons (Fsp3) is 0.235. The molecule has 2 aromatic rings. The summed E-state index contributed by atoms with van der Waals surface area (Å²) in [6, 6.07) is 16.2. The molecule has 110 valence electrons. The van der Waals surface area contributed by atoms with Crippen LogP contribution in [0.5, 0.6) is 5.75 Å². The number of hydrogen-bond acceptors (Lipinski definition) is 4. The molecule has 2 rings (SSSR count). The van der Waals surface area contributed by atoms with Gasteiger partial charge < -0.3 is 14.6 Å². The van der Waals surface area contributed by atoms with Crippen LogP contribution in [0.4, 0.5) is 0 Å². The van der Waals surface area contributed by atoms with E-state index in [-0.39, 0.29) is 19.0 Å². The number of rotatable bonds is 7. The third-order valence-electron chi connectivity index (χ3n) is 3.08. The van der Waals surface area contributed by atoms with E-state index in [1.807, 2.05) is 30.3 Å². The quantitative estimate of drug-likeness (QED) is 0.795. The lowest BCUT2D eigenvalue weighted by atomic mass is 10.00. The highest BCUT2D eigenvalue weighted by molar-refractivity contribution is 6.00. The van der Waals surface area contributed by atoms with Crippen molar-refractivity contribution >= 4 is 5.78 Å². The van der Waals surface area contributed by atoms with Crippen LogP contribution in [0.3, 0.4) is 0 Å². The number of aliphatic hydroxyl groups excluding tert-OH is 1. The van der Waals surface area contributed by atoms with E-state index in [4.69, 9.17) is 14.6 Å². The van der Waals surface area contributed by atoms with Crippen molar-refractivity contribution in [1.29, 1.82) is 0 Å². The molecule has 4 nitrogen and oxygen atoms in total. The van der Waals surface area contributed by atoms with E-state index < -0.39 is 6.10 Å². The standard InChI is InChI=1S/C17H18O4/c1-20-17(14-5-3-2-4-6-14)16(19)13-7-9-15(10-8-13)21-12-11-18/h2-10,17-18H,11-12H2,1H3. The van der Waals surface area contributed by atoms with Crippen molar-refractivity contribution in [2.45, 2.75) is 6.10 Å². The Bertz CT molecular complexity index is 563. The Morgan fingerprint density at radius 3 is 2.33 bits per heavy atom. The number of carbonyl (C=O) groups excluding carboxylic acids is 1. The molecule has 0 radical (unpaired) electrons. The van der Waals surface area contributed by atoms with Crippen molar-refractivity contribution in [1.82, 2.24) is 0 Å². The number of aliphatic hydroxyl groups is 1. The number of carbonyl (C=O) groups is 1. The number of ketones is 1. The van der Waals surface area contributed by atoms with E-state index in [1.165, 1.54) is 7.11 Å². The Morgan fingerprint density at radius 1 is 1.10 bits per heavy atom. The van der Waals surface area contributed by atoms with Gasteiger partial charge in [-0.05, 0) is 29.8 Å². The molecular weight excluding hydrogens is 268 g/mol. The van der Waals surface area contributed by atoms with E-state index in [0.29, 0.717) is 11.3 Å². The number of ether oxygens (including phenoxy) is 2. The average Bonchev–Trinajstić information content (AvgIpc) is 2.55. The predicted molar refractivity (Wildman–Crippen MR) is 79.5 cm³/mol. The molecule has 1 N–H and O–H groups in total. The highest BCUT2D eigenvalue weighted by Gasteiger charge is 2.21. The zero-order valence-electron chi connectivity index (χ0n) is 11.9. The van der Waals surface area contributed by atoms with Gasteiger partial charge in [0, 0.05) is 12.7 Å². The maximum absolute atomic E-state index is 12.5. The monoisotopic (exact) mass is 286 g/mol. The predicted octanol–water partition coefficient (Wildman–Crippen LogP) is 2.63. The third-order valence-corrected chi connectivity index (χ3v) is 3.08. The van der Waals surface area contributed by atoms with Crippen LogP contribution in [0.25, 0.3) is 0 Å². The average molecular weight is 286 g/mol. The molecule has 0 saturated heterocycles. The minimum atomic E-state index is -0.615. The lowest BCUT2D eigenvalue weighted by Crippen LogP contribution is -2.14. The first-order valence-corrected chi connectivity index (χ1v) is 6.72. The maximum atomic E-state index is 12.5. The second-order valence-electron chi connectivity index (χ2n) is 4.49. The third kappa shape index (κ3) is 3.90. The molecule has 0 heterocycles. The van der Waals surface area contributed by atoms with Crippen molar-refractivity contribution in [3.63, 3.8) is 0 Å². The topological polar surface area (TPSA) is 55.8 Å². The fourth-order valence-electron chi connectivity index (χ4n) is 2.05. The van der Waals surface area contributed by atoms with Gasteiger partial charge in [-0.25, -0.2) is 0 Å². The van der Waals surface area contributed by atoms with E-state index in [0.717, 1.165) is 5.56 Å². The van der Waals surface area contributed by atoms with Crippen LogP contribution < -0.4 is 4.74 Å². The Kier molecular flexibility index (Phi) is 5.49. The minimum absolute atomic E-state index is 0.0412. The van der Waals surface area contributed by atoms with Gasteiger partial charge in [-0.1, -0.05) is 30.3 Å². The zero-order chi connectivity index (χ0) is 15.1. The van der Waals surface area contributed by atoms with Gasteiger partial charge in [0.1, 0.15) is 18.5 Å². The summed E-state index contributed by atoms with van der Waals surface area (Å²) in [6.07, 6.45) is -0.615. The van der Waals surface area contributed by atoms with Gasteiger partial charge in [-0.15, -0.1) is 0 Å². The van der Waals surface area contributed by atoms with Gasteiger partial charge in [0.15, 0.2) is 5.78 Å². The molecule has 0 aromatic heterocycles. The summed E-state index contributed by atoms with van der Waals surface area (Å²) in [5, 5.41) is 8.71. The lowest BCUT2D eigenvalue weighted by Gasteiger charge is -2.15. The number of hydrogen-bond donors (Lipinski definition) is 1. The summed E-state index contributed by atoms with van der Waals surface area (Å²) in [6.45, 7) is 0.193. The maximum Gasteiger partial charge on any atom is 0.196 e. The Morgan fingerprint density at radius 2 is 1.76 bits per heavy atom. The van der Waals surface area contributed by atoms with Crippen molar-refractivity contribution in [2.75, 3.05) is 20.3 Å². The second-order valence-corrected chi connectivity index (χ2v) is 4.49. The number of methoxy groups -OCH3 is 1. The van der Waals surface area contributed by atoms with Crippen molar-refractivity contribution < 1.29 is 19.4 Å². The van der Waals surface area contributed by atoms with Crippen molar-refractivity contribution in [3.05, 3.63) is 65.7 Å². The van der Waals surface area contributed by atoms with Crippen LogP contribution >= 0.6 is 0 Å². The minimum Gasteiger partial charge on any atom is -0.491 e. The number of Topliss-reactive ketones (excluding diaryl/α,β-unsaturated/α-hetero) is 1. The first kappa shape index (κ1) is 15.2. The van der Waals surface area contributed by atoms with E-state index in [1.54, 1.807) is 24.3 Å². The molecule has 0 aliphatic rings. The fourth-order valence-corrected chi connectivity index (χ4v) is 2.05. The van der Waals surface area contributed by atoms with Gasteiger partial charge in [0.25, 0.3) is 0 Å². The SMILES string of the molecule is COC(C(=O)c1ccc(OCCO)cc1)c1ccccc1. The molecule has 0 bridgehead atoms. The largest absolute Gasteiger partial charge is 0.491 e. The van der Waals surface area contributed by atoms with Gasteiger partial charge >= 0.3 is 0 Å². The Balaban J connectivity index is 2.14. The lowest BCUT2D eigenvalue weighted by molar-refractivity contribution is 0.0604. The molecular formula is C17H18O4. The zero-order valence-corrected chi connectivity index (χ0v) is 11.9. The summed E-state index contributed by atoms with van der Waals surface area (Å²) in [5.74, 6) is 0.520. The molecule has 0 aliphatic heterocycles. The summed E-state index contributed by atoms with van der Waals surface area (Å²) in [4.78, 5) is 12.5. The Hall–Kier alpha value is -2.17. The molecule has 0 saturated carbocycles. The molecule has 21 heavy (non-hydrogen) atoms.